The van der Waals surface area contributed by atoms with Crippen molar-refractivity contribution in [3.63, 3.8) is 0 Å². The minimum atomic E-state index is -0.307. The molecule has 0 aromatic heterocycles. The number of nitrogens with zero attached hydrogens (tertiary/aromatic N) is 1. The lowest BCUT2D eigenvalue weighted by Gasteiger charge is -2.17. The number of halogens is 2. The Morgan fingerprint density at radius 3 is 2.75 bits per heavy atom. The van der Waals surface area contributed by atoms with Crippen LogP contribution in [0, 0.1) is 0 Å². The number of carbonyl (C=O) groups is 1. The van der Waals surface area contributed by atoms with E-state index in [-0.39, 0.29) is 18.7 Å². The van der Waals surface area contributed by atoms with Crippen molar-refractivity contribution >= 4 is 27.5 Å². The van der Waals surface area contributed by atoms with E-state index >= 15 is 0 Å². The quantitative estimate of drug-likeness (QED) is 0.451. The van der Waals surface area contributed by atoms with Gasteiger partial charge in [0.05, 0.1) is 19.3 Å². The van der Waals surface area contributed by atoms with Gasteiger partial charge in [-0.2, -0.15) is 0 Å². The maximum absolute atomic E-state index is 12.4. The first-order valence-electron chi connectivity index (χ1n) is 11.2. The Hall–Kier alpha value is -2.18. The van der Waals surface area contributed by atoms with Crippen molar-refractivity contribution in [2.45, 2.75) is 38.2 Å². The maximum atomic E-state index is 12.4. The average molecular weight is 502 g/mol. The Labute approximate surface area is 197 Å². The Bertz CT molecular complexity index is 989. The number of hydrogen-bond donors (Lipinski definition) is 0. The van der Waals surface area contributed by atoms with Crippen LogP contribution in [0.25, 0.3) is 5.57 Å². The number of aryl methyl sites for hydroxylation is 1. The summed E-state index contributed by atoms with van der Waals surface area (Å²) in [5.74, 6) is 0.552. The summed E-state index contributed by atoms with van der Waals surface area (Å²) >= 11 is 3.81. The Morgan fingerprint density at radius 2 is 2.00 bits per heavy atom. The molecule has 2 aromatic carbocycles. The van der Waals surface area contributed by atoms with Crippen LogP contribution < -0.4 is 4.74 Å². The summed E-state index contributed by atoms with van der Waals surface area (Å²) in [5, 5.41) is 0. The van der Waals surface area contributed by atoms with Crippen LogP contribution in [-0.2, 0) is 11.2 Å². The van der Waals surface area contributed by atoms with Crippen LogP contribution in [0.2, 0.25) is 0 Å². The smallest absolute Gasteiger partial charge is 0.337 e. The average Bonchev–Trinajstić information content (AvgIpc) is 3.19. The molecule has 6 heteroatoms. The zero-order valence-corrected chi connectivity index (χ0v) is 20.0. The first kappa shape index (κ1) is 23.0. The number of rotatable bonds is 7. The fourth-order valence-electron chi connectivity index (χ4n) is 4.58. The maximum Gasteiger partial charge on any atom is 0.337 e. The molecular formula is C26H29BrFNO3. The standard InChI is InChI=1S/C26H29BrFNO3/c1-31-26(30)20-8-11-23-19(16-20)4-2-5-24(27)25(23)18-6-9-21(10-7-18)32-22-12-15-29(17-22)14-3-13-28/h6-11,16,22H,2-5,12-15,17H2,1H3. The van der Waals surface area contributed by atoms with Gasteiger partial charge in [-0.25, -0.2) is 4.79 Å². The molecule has 1 aliphatic heterocycles. The molecule has 1 aliphatic carbocycles. The Morgan fingerprint density at radius 1 is 1.19 bits per heavy atom. The number of esters is 1. The van der Waals surface area contributed by atoms with E-state index in [1.807, 2.05) is 30.3 Å². The van der Waals surface area contributed by atoms with Crippen molar-refractivity contribution in [3.8, 4) is 5.75 Å². The van der Waals surface area contributed by atoms with Crippen molar-refractivity contribution in [1.82, 2.24) is 4.90 Å². The number of carbonyl (C=O) groups excluding carboxylic acids is 1. The molecule has 1 saturated heterocycles. The summed E-state index contributed by atoms with van der Waals surface area (Å²) < 4.78 is 24.7. The van der Waals surface area contributed by atoms with Gasteiger partial charge in [-0.3, -0.25) is 9.29 Å². The molecule has 32 heavy (non-hydrogen) atoms. The molecule has 1 unspecified atom stereocenters. The van der Waals surface area contributed by atoms with E-state index in [1.165, 1.54) is 17.2 Å². The van der Waals surface area contributed by atoms with Crippen LogP contribution in [-0.4, -0.2) is 50.4 Å². The second-order valence-electron chi connectivity index (χ2n) is 8.39. The predicted molar refractivity (Wildman–Crippen MR) is 128 cm³/mol. The summed E-state index contributed by atoms with van der Waals surface area (Å²) in [6.07, 6.45) is 4.60. The normalized spacial score (nSPS) is 18.9. The highest BCUT2D eigenvalue weighted by atomic mass is 79.9. The number of hydrogen-bond acceptors (Lipinski definition) is 4. The highest BCUT2D eigenvalue weighted by molar-refractivity contribution is 9.11. The topological polar surface area (TPSA) is 38.8 Å². The number of fused-ring (bicyclic) bond motifs is 1. The molecule has 4 nitrogen and oxygen atoms in total. The monoisotopic (exact) mass is 501 g/mol. The minimum absolute atomic E-state index is 0.154. The molecule has 4 rings (SSSR count). The molecule has 0 amide bonds. The second kappa shape index (κ2) is 10.6. The fourth-order valence-corrected chi connectivity index (χ4v) is 5.30. The molecule has 0 N–H and O–H groups in total. The number of alkyl halides is 1. The third kappa shape index (κ3) is 5.24. The zero-order chi connectivity index (χ0) is 22.5. The highest BCUT2D eigenvalue weighted by Crippen LogP contribution is 2.38. The molecule has 1 heterocycles. The highest BCUT2D eigenvalue weighted by Gasteiger charge is 2.24. The van der Waals surface area contributed by atoms with Gasteiger partial charge in [0.15, 0.2) is 0 Å². The van der Waals surface area contributed by atoms with Crippen LogP contribution in [0.1, 0.15) is 52.7 Å². The Kier molecular flexibility index (Phi) is 7.63. The van der Waals surface area contributed by atoms with Crippen LogP contribution in [0.4, 0.5) is 4.39 Å². The predicted octanol–water partition coefficient (Wildman–Crippen LogP) is 5.78. The molecule has 0 spiro atoms. The molecule has 170 valence electrons. The van der Waals surface area contributed by atoms with Crippen molar-refractivity contribution in [3.05, 3.63) is 69.2 Å². The van der Waals surface area contributed by atoms with Gasteiger partial charge in [-0.1, -0.05) is 34.1 Å². The molecule has 0 saturated carbocycles. The summed E-state index contributed by atoms with van der Waals surface area (Å²) in [6, 6.07) is 14.1. The first-order valence-corrected chi connectivity index (χ1v) is 12.0. The Balaban J connectivity index is 1.52. The first-order chi connectivity index (χ1) is 15.6. The molecular weight excluding hydrogens is 473 g/mol. The number of ether oxygens (including phenoxy) is 2. The molecule has 0 bridgehead atoms. The van der Waals surface area contributed by atoms with E-state index in [2.05, 4.69) is 33.0 Å². The van der Waals surface area contributed by atoms with E-state index in [4.69, 9.17) is 9.47 Å². The van der Waals surface area contributed by atoms with Gasteiger partial charge in [0.25, 0.3) is 0 Å². The lowest BCUT2D eigenvalue weighted by atomic mass is 9.92. The summed E-state index contributed by atoms with van der Waals surface area (Å²) in [6.45, 7) is 2.36. The molecule has 1 atom stereocenters. The van der Waals surface area contributed by atoms with E-state index in [0.717, 1.165) is 67.8 Å². The fraction of sp³-hybridized carbons (Fsp3) is 0.423. The van der Waals surface area contributed by atoms with Gasteiger partial charge in [0, 0.05) is 24.1 Å². The molecule has 0 radical (unpaired) electrons. The zero-order valence-electron chi connectivity index (χ0n) is 18.4. The largest absolute Gasteiger partial charge is 0.489 e. The second-order valence-corrected chi connectivity index (χ2v) is 9.35. The van der Waals surface area contributed by atoms with Gasteiger partial charge in [-0.05, 0) is 78.6 Å². The van der Waals surface area contributed by atoms with Crippen LogP contribution in [0.5, 0.6) is 5.75 Å². The third-order valence-corrected chi connectivity index (χ3v) is 6.99. The van der Waals surface area contributed by atoms with Crippen molar-refractivity contribution in [2.24, 2.45) is 0 Å². The van der Waals surface area contributed by atoms with Crippen LogP contribution in [0.3, 0.4) is 0 Å². The van der Waals surface area contributed by atoms with Crippen molar-refractivity contribution < 1.29 is 18.7 Å². The summed E-state index contributed by atoms with van der Waals surface area (Å²) in [5.41, 5.74) is 5.18. The summed E-state index contributed by atoms with van der Waals surface area (Å²) in [4.78, 5) is 14.2. The van der Waals surface area contributed by atoms with Crippen LogP contribution in [0.15, 0.2) is 46.9 Å². The third-order valence-electron chi connectivity index (χ3n) is 6.19. The SMILES string of the molecule is COC(=O)c1ccc2c(c1)CCCC(Br)=C2c1ccc(OC2CCN(CCCF)C2)cc1. The lowest BCUT2D eigenvalue weighted by molar-refractivity contribution is 0.0600. The lowest BCUT2D eigenvalue weighted by Crippen LogP contribution is -2.26. The van der Waals surface area contributed by atoms with Gasteiger partial charge in [-0.15, -0.1) is 0 Å². The number of benzene rings is 2. The number of likely N-dealkylation sites (tertiary alicyclic amines) is 1. The van der Waals surface area contributed by atoms with Gasteiger partial charge < -0.3 is 9.47 Å². The summed E-state index contributed by atoms with van der Waals surface area (Å²) in [7, 11) is 1.41. The molecule has 2 aromatic rings. The van der Waals surface area contributed by atoms with E-state index in [0.29, 0.717) is 12.0 Å². The van der Waals surface area contributed by atoms with Crippen molar-refractivity contribution in [1.29, 1.82) is 0 Å². The van der Waals surface area contributed by atoms with E-state index in [9.17, 15) is 9.18 Å². The van der Waals surface area contributed by atoms with Gasteiger partial charge in [0.1, 0.15) is 11.9 Å². The van der Waals surface area contributed by atoms with E-state index < -0.39 is 0 Å². The molecule has 1 fully saturated rings. The van der Waals surface area contributed by atoms with Crippen molar-refractivity contribution in [2.75, 3.05) is 33.4 Å². The van der Waals surface area contributed by atoms with Crippen LogP contribution >= 0.6 is 15.9 Å². The number of allylic oxidation sites excluding steroid dienone is 1. The minimum Gasteiger partial charge on any atom is -0.489 e. The van der Waals surface area contributed by atoms with Gasteiger partial charge >= 0.3 is 5.97 Å². The molecule has 2 aliphatic rings. The van der Waals surface area contributed by atoms with E-state index in [1.54, 1.807) is 0 Å². The number of methoxy groups -OCH3 is 1. The van der Waals surface area contributed by atoms with Gasteiger partial charge in [0.2, 0.25) is 0 Å².